The van der Waals surface area contributed by atoms with Gasteiger partial charge in [-0.25, -0.2) is 9.82 Å². The molecule has 0 radical (unpaired) electrons. The number of nitrogens with zero attached hydrogens (tertiary/aromatic N) is 2. The zero-order chi connectivity index (χ0) is 17.5. The average molecular weight is 341 g/mol. The Morgan fingerprint density at radius 1 is 1.12 bits per heavy atom. The second-order valence-corrected chi connectivity index (χ2v) is 5.79. The highest BCUT2D eigenvalue weighted by Crippen LogP contribution is 2.15. The molecule has 1 aliphatic heterocycles. The van der Waals surface area contributed by atoms with Crippen LogP contribution in [0.3, 0.4) is 0 Å². The lowest BCUT2D eigenvalue weighted by Crippen LogP contribution is -2.36. The van der Waals surface area contributed by atoms with Crippen molar-refractivity contribution in [3.63, 3.8) is 0 Å². The van der Waals surface area contributed by atoms with Gasteiger partial charge in [0.05, 0.1) is 25.8 Å². The van der Waals surface area contributed by atoms with Crippen LogP contribution in [0.4, 0.5) is 10.1 Å². The molecule has 1 amide bonds. The van der Waals surface area contributed by atoms with Crippen LogP contribution < -0.4 is 10.3 Å². The van der Waals surface area contributed by atoms with Gasteiger partial charge in [0.15, 0.2) is 0 Å². The Kier molecular flexibility index (Phi) is 5.74. The van der Waals surface area contributed by atoms with Crippen LogP contribution in [0, 0.1) is 5.82 Å². The van der Waals surface area contributed by atoms with Crippen molar-refractivity contribution < 1.29 is 13.9 Å². The van der Waals surface area contributed by atoms with Gasteiger partial charge >= 0.3 is 0 Å². The predicted octanol–water partition coefficient (Wildman–Crippen LogP) is 2.36. The molecule has 6 heteroatoms. The van der Waals surface area contributed by atoms with Crippen LogP contribution in [0.1, 0.15) is 11.1 Å². The second-order valence-electron chi connectivity index (χ2n) is 5.79. The fourth-order valence-electron chi connectivity index (χ4n) is 2.60. The lowest BCUT2D eigenvalue weighted by Gasteiger charge is -2.28. The zero-order valence-electron chi connectivity index (χ0n) is 13.8. The molecule has 1 N–H and O–H groups in total. The first-order valence-corrected chi connectivity index (χ1v) is 8.20. The third kappa shape index (κ3) is 5.12. The molecule has 1 aliphatic rings. The number of morpholine rings is 1. The Hall–Kier alpha value is -2.73. The van der Waals surface area contributed by atoms with Crippen LogP contribution in [-0.2, 0) is 16.0 Å². The molecule has 1 saturated heterocycles. The number of nitrogens with one attached hydrogen (secondary N) is 1. The molecule has 1 fully saturated rings. The summed E-state index contributed by atoms with van der Waals surface area (Å²) in [6, 6.07) is 13.8. The zero-order valence-corrected chi connectivity index (χ0v) is 13.8. The minimum absolute atomic E-state index is 0.160. The summed E-state index contributed by atoms with van der Waals surface area (Å²) in [4.78, 5) is 14.1. The normalized spacial score (nSPS) is 14.7. The van der Waals surface area contributed by atoms with Crippen molar-refractivity contribution >= 4 is 17.8 Å². The van der Waals surface area contributed by atoms with Crippen LogP contribution in [0.25, 0.3) is 0 Å². The van der Waals surface area contributed by atoms with E-state index in [9.17, 15) is 9.18 Å². The number of halogens is 1. The number of benzene rings is 2. The lowest BCUT2D eigenvalue weighted by atomic mass is 10.1. The van der Waals surface area contributed by atoms with Crippen molar-refractivity contribution in [3.05, 3.63) is 65.5 Å². The van der Waals surface area contributed by atoms with Gasteiger partial charge in [-0.2, -0.15) is 5.10 Å². The van der Waals surface area contributed by atoms with Gasteiger partial charge in [0.1, 0.15) is 5.82 Å². The van der Waals surface area contributed by atoms with Crippen molar-refractivity contribution in [2.75, 3.05) is 31.2 Å². The standard InChI is InChI=1S/C19H20FN3O2/c20-17-5-1-15(2-6-17)13-19(24)22-21-14-16-3-7-18(8-4-16)23-9-11-25-12-10-23/h1-8,14H,9-13H2,(H,22,24)/b21-14-. The fourth-order valence-corrected chi connectivity index (χ4v) is 2.60. The van der Waals surface area contributed by atoms with Crippen LogP contribution in [-0.4, -0.2) is 38.4 Å². The quantitative estimate of drug-likeness (QED) is 0.671. The highest BCUT2D eigenvalue weighted by atomic mass is 19.1. The summed E-state index contributed by atoms with van der Waals surface area (Å²) in [5.74, 6) is -0.560. The number of carbonyl (C=O) groups excluding carboxylic acids is 1. The van der Waals surface area contributed by atoms with Crippen molar-refractivity contribution in [3.8, 4) is 0 Å². The van der Waals surface area contributed by atoms with Gasteiger partial charge in [-0.3, -0.25) is 4.79 Å². The Bertz CT molecular complexity index is 723. The summed E-state index contributed by atoms with van der Waals surface area (Å²) in [6.07, 6.45) is 1.76. The minimum atomic E-state index is -0.317. The molecule has 130 valence electrons. The van der Waals surface area contributed by atoms with Crippen molar-refractivity contribution in [2.45, 2.75) is 6.42 Å². The molecule has 0 bridgehead atoms. The van der Waals surface area contributed by atoms with E-state index in [0.717, 1.165) is 43.1 Å². The monoisotopic (exact) mass is 341 g/mol. The van der Waals surface area contributed by atoms with Crippen LogP contribution in [0.2, 0.25) is 0 Å². The Morgan fingerprint density at radius 2 is 1.80 bits per heavy atom. The first-order chi connectivity index (χ1) is 12.2. The number of hydrogen-bond acceptors (Lipinski definition) is 4. The summed E-state index contributed by atoms with van der Waals surface area (Å²) in [7, 11) is 0. The highest BCUT2D eigenvalue weighted by molar-refractivity contribution is 5.83. The van der Waals surface area contributed by atoms with Gasteiger partial charge in [0.2, 0.25) is 5.91 Å². The van der Waals surface area contributed by atoms with E-state index in [1.54, 1.807) is 18.3 Å². The molecule has 3 rings (SSSR count). The fraction of sp³-hybridized carbons (Fsp3) is 0.263. The summed E-state index contributed by atoms with van der Waals surface area (Å²) >= 11 is 0. The van der Waals surface area contributed by atoms with Crippen LogP contribution in [0.15, 0.2) is 53.6 Å². The summed E-state index contributed by atoms with van der Waals surface area (Å²) < 4.78 is 18.2. The molecular weight excluding hydrogens is 321 g/mol. The molecule has 0 aliphatic carbocycles. The molecule has 5 nitrogen and oxygen atoms in total. The molecule has 0 spiro atoms. The third-order valence-corrected chi connectivity index (χ3v) is 3.95. The SMILES string of the molecule is O=C(Cc1ccc(F)cc1)N/N=C\c1ccc(N2CCOCC2)cc1. The molecule has 25 heavy (non-hydrogen) atoms. The van der Waals surface area contributed by atoms with Gasteiger partial charge in [-0.05, 0) is 35.4 Å². The number of anilines is 1. The van der Waals surface area contributed by atoms with Gasteiger partial charge in [0, 0.05) is 18.8 Å². The topological polar surface area (TPSA) is 53.9 Å². The number of rotatable bonds is 5. The summed E-state index contributed by atoms with van der Waals surface area (Å²) in [5.41, 5.74) is 5.28. The lowest BCUT2D eigenvalue weighted by molar-refractivity contribution is -0.120. The first-order valence-electron chi connectivity index (χ1n) is 8.20. The van der Waals surface area contributed by atoms with E-state index < -0.39 is 0 Å². The van der Waals surface area contributed by atoms with Crippen LogP contribution >= 0.6 is 0 Å². The molecule has 1 heterocycles. The van der Waals surface area contributed by atoms with Crippen LogP contribution in [0.5, 0.6) is 0 Å². The van der Waals surface area contributed by atoms with Gasteiger partial charge in [-0.15, -0.1) is 0 Å². The molecule has 2 aromatic rings. The molecule has 0 aromatic heterocycles. The Balaban J connectivity index is 1.49. The smallest absolute Gasteiger partial charge is 0.244 e. The third-order valence-electron chi connectivity index (χ3n) is 3.95. The molecule has 0 saturated carbocycles. The first kappa shape index (κ1) is 17.1. The average Bonchev–Trinajstić information content (AvgIpc) is 2.65. The van der Waals surface area contributed by atoms with E-state index in [4.69, 9.17) is 4.74 Å². The van der Waals surface area contributed by atoms with E-state index in [-0.39, 0.29) is 18.1 Å². The molecular formula is C19H20FN3O2. The van der Waals surface area contributed by atoms with Crippen molar-refractivity contribution in [1.29, 1.82) is 0 Å². The number of carbonyl (C=O) groups is 1. The number of hydrogen-bond donors (Lipinski definition) is 1. The Morgan fingerprint density at radius 3 is 2.48 bits per heavy atom. The minimum Gasteiger partial charge on any atom is -0.378 e. The largest absolute Gasteiger partial charge is 0.378 e. The van der Waals surface area contributed by atoms with E-state index in [0.29, 0.717) is 0 Å². The van der Waals surface area contributed by atoms with Crippen molar-refractivity contribution in [2.24, 2.45) is 5.10 Å². The van der Waals surface area contributed by atoms with E-state index in [2.05, 4.69) is 15.4 Å². The van der Waals surface area contributed by atoms with Gasteiger partial charge in [-0.1, -0.05) is 24.3 Å². The van der Waals surface area contributed by atoms with Crippen molar-refractivity contribution in [1.82, 2.24) is 5.43 Å². The highest BCUT2D eigenvalue weighted by Gasteiger charge is 2.10. The molecule has 2 aromatic carbocycles. The predicted molar refractivity (Wildman–Crippen MR) is 95.3 cm³/mol. The second kappa shape index (κ2) is 8.39. The van der Waals surface area contributed by atoms with Gasteiger partial charge in [0.25, 0.3) is 0 Å². The maximum atomic E-state index is 12.8. The summed E-state index contributed by atoms with van der Waals surface area (Å²) in [6.45, 7) is 3.30. The number of amides is 1. The van der Waals surface area contributed by atoms with E-state index in [1.165, 1.54) is 12.1 Å². The molecule has 0 atom stereocenters. The molecule has 0 unspecified atom stereocenters. The van der Waals surface area contributed by atoms with Gasteiger partial charge < -0.3 is 9.64 Å². The van der Waals surface area contributed by atoms with E-state index >= 15 is 0 Å². The number of hydrazone groups is 1. The maximum Gasteiger partial charge on any atom is 0.244 e. The summed E-state index contributed by atoms with van der Waals surface area (Å²) in [5, 5.41) is 3.97. The van der Waals surface area contributed by atoms with E-state index in [1.807, 2.05) is 24.3 Å². The number of ether oxygens (including phenoxy) is 1. The maximum absolute atomic E-state index is 12.8. The Labute approximate surface area is 146 Å².